The summed E-state index contributed by atoms with van der Waals surface area (Å²) in [6, 6.07) is 6.23. The van der Waals surface area contributed by atoms with Crippen molar-refractivity contribution in [2.24, 2.45) is 0 Å². The number of carbonyl (C=O) groups excluding carboxylic acids is 1. The molecule has 6 nitrogen and oxygen atoms in total. The molecule has 1 fully saturated rings. The molecule has 2 aromatic heterocycles. The molecule has 0 bridgehead atoms. The van der Waals surface area contributed by atoms with Crippen molar-refractivity contribution in [3.8, 4) is 0 Å². The van der Waals surface area contributed by atoms with E-state index in [0.717, 1.165) is 47.6 Å². The Balaban J connectivity index is 1.58. The smallest absolute Gasteiger partial charge is 0.243 e. The van der Waals surface area contributed by atoms with Crippen molar-refractivity contribution < 1.29 is 4.79 Å². The van der Waals surface area contributed by atoms with Crippen LogP contribution in [0.1, 0.15) is 41.7 Å². The standard InChI is InChI=1S/C19H23N5O/c1-12-6-7-15-16(9-12)22-19(21-15)17-5-4-8-24(17)18(25)10-23-11-20-13(2)14(23)3/h6-7,9,11,17H,4-5,8,10H2,1-3H3,(H,21,22)/t17-/m0/s1. The van der Waals surface area contributed by atoms with Crippen LogP contribution in [0.2, 0.25) is 0 Å². The van der Waals surface area contributed by atoms with E-state index in [1.54, 1.807) is 6.33 Å². The molecule has 3 heterocycles. The van der Waals surface area contributed by atoms with Gasteiger partial charge in [-0.2, -0.15) is 0 Å². The molecule has 0 radical (unpaired) electrons. The van der Waals surface area contributed by atoms with Crippen molar-refractivity contribution in [1.29, 1.82) is 0 Å². The number of hydrogen-bond donors (Lipinski definition) is 1. The summed E-state index contributed by atoms with van der Waals surface area (Å²) < 4.78 is 1.93. The Morgan fingerprint density at radius 2 is 2.16 bits per heavy atom. The van der Waals surface area contributed by atoms with Crippen LogP contribution in [0.15, 0.2) is 24.5 Å². The van der Waals surface area contributed by atoms with E-state index < -0.39 is 0 Å². The van der Waals surface area contributed by atoms with Crippen molar-refractivity contribution in [3.63, 3.8) is 0 Å². The fourth-order valence-corrected chi connectivity index (χ4v) is 3.59. The van der Waals surface area contributed by atoms with Gasteiger partial charge in [-0.3, -0.25) is 4.79 Å². The third-order valence-corrected chi connectivity index (χ3v) is 5.20. The molecular formula is C19H23N5O. The number of nitrogens with one attached hydrogen (secondary N) is 1. The lowest BCUT2D eigenvalue weighted by atomic mass is 10.2. The second-order valence-corrected chi connectivity index (χ2v) is 6.93. The Bertz CT molecular complexity index is 939. The van der Waals surface area contributed by atoms with E-state index in [0.29, 0.717) is 6.54 Å². The largest absolute Gasteiger partial charge is 0.340 e. The van der Waals surface area contributed by atoms with Gasteiger partial charge in [-0.05, 0) is 51.3 Å². The van der Waals surface area contributed by atoms with Gasteiger partial charge < -0.3 is 14.5 Å². The topological polar surface area (TPSA) is 66.8 Å². The third kappa shape index (κ3) is 2.81. The number of benzene rings is 1. The average Bonchev–Trinajstić information content (AvgIpc) is 3.28. The summed E-state index contributed by atoms with van der Waals surface area (Å²) in [5.74, 6) is 1.02. The molecule has 3 aromatic rings. The van der Waals surface area contributed by atoms with Gasteiger partial charge in [-0.1, -0.05) is 6.07 Å². The van der Waals surface area contributed by atoms with Crippen LogP contribution in [0, 0.1) is 20.8 Å². The van der Waals surface area contributed by atoms with E-state index in [-0.39, 0.29) is 11.9 Å². The molecule has 1 amide bonds. The first-order chi connectivity index (χ1) is 12.0. The molecule has 0 aliphatic carbocycles. The minimum Gasteiger partial charge on any atom is -0.340 e. The molecule has 1 aliphatic rings. The van der Waals surface area contributed by atoms with Gasteiger partial charge in [0.1, 0.15) is 12.4 Å². The number of imidazole rings is 2. The molecule has 0 unspecified atom stereocenters. The number of carbonyl (C=O) groups is 1. The van der Waals surface area contributed by atoms with E-state index in [1.165, 1.54) is 5.56 Å². The second kappa shape index (κ2) is 6.02. The first-order valence-electron chi connectivity index (χ1n) is 8.77. The van der Waals surface area contributed by atoms with Crippen LogP contribution in [0.5, 0.6) is 0 Å². The van der Waals surface area contributed by atoms with E-state index in [4.69, 9.17) is 4.98 Å². The van der Waals surface area contributed by atoms with Crippen LogP contribution in [0.25, 0.3) is 11.0 Å². The molecule has 1 aromatic carbocycles. The van der Waals surface area contributed by atoms with Gasteiger partial charge in [0.05, 0.1) is 29.1 Å². The number of nitrogens with zero attached hydrogens (tertiary/aromatic N) is 4. The van der Waals surface area contributed by atoms with E-state index >= 15 is 0 Å². The lowest BCUT2D eigenvalue weighted by Crippen LogP contribution is -2.34. The highest BCUT2D eigenvalue weighted by molar-refractivity contribution is 5.78. The van der Waals surface area contributed by atoms with Gasteiger partial charge in [-0.15, -0.1) is 0 Å². The van der Waals surface area contributed by atoms with Crippen LogP contribution >= 0.6 is 0 Å². The minimum atomic E-state index is 0.0325. The summed E-state index contributed by atoms with van der Waals surface area (Å²) in [6.45, 7) is 7.15. The molecule has 1 atom stereocenters. The second-order valence-electron chi connectivity index (χ2n) is 6.93. The number of fused-ring (bicyclic) bond motifs is 1. The average molecular weight is 337 g/mol. The van der Waals surface area contributed by atoms with Gasteiger partial charge in [0, 0.05) is 12.2 Å². The number of rotatable bonds is 3. The molecule has 1 N–H and O–H groups in total. The summed E-state index contributed by atoms with van der Waals surface area (Å²) in [5, 5.41) is 0. The van der Waals surface area contributed by atoms with E-state index in [9.17, 15) is 4.79 Å². The van der Waals surface area contributed by atoms with E-state index in [2.05, 4.69) is 29.0 Å². The van der Waals surface area contributed by atoms with Crippen LogP contribution < -0.4 is 0 Å². The predicted molar refractivity (Wildman–Crippen MR) is 96.2 cm³/mol. The lowest BCUT2D eigenvalue weighted by molar-refractivity contribution is -0.132. The Morgan fingerprint density at radius 3 is 2.92 bits per heavy atom. The van der Waals surface area contributed by atoms with Crippen molar-refractivity contribution in [2.45, 2.75) is 46.2 Å². The van der Waals surface area contributed by atoms with Crippen molar-refractivity contribution in [3.05, 3.63) is 47.3 Å². The number of amides is 1. The number of hydrogen-bond acceptors (Lipinski definition) is 3. The highest BCUT2D eigenvalue weighted by atomic mass is 16.2. The maximum atomic E-state index is 12.9. The van der Waals surface area contributed by atoms with Crippen LogP contribution in [0.4, 0.5) is 0 Å². The zero-order valence-electron chi connectivity index (χ0n) is 14.9. The zero-order chi connectivity index (χ0) is 17.6. The van der Waals surface area contributed by atoms with Gasteiger partial charge in [0.25, 0.3) is 0 Å². The number of likely N-dealkylation sites (tertiary alicyclic amines) is 1. The lowest BCUT2D eigenvalue weighted by Gasteiger charge is -2.23. The van der Waals surface area contributed by atoms with Crippen molar-refractivity contribution in [1.82, 2.24) is 24.4 Å². The number of aromatic nitrogens is 4. The minimum absolute atomic E-state index is 0.0325. The SMILES string of the molecule is Cc1ccc2nc([C@@H]3CCCN3C(=O)Cn3cnc(C)c3C)[nH]c2c1. The number of H-pyrrole nitrogens is 1. The highest BCUT2D eigenvalue weighted by Gasteiger charge is 2.32. The van der Waals surface area contributed by atoms with Crippen molar-refractivity contribution >= 4 is 16.9 Å². The molecule has 6 heteroatoms. The first kappa shape index (κ1) is 15.9. The Kier molecular flexibility index (Phi) is 3.82. The predicted octanol–water partition coefficient (Wildman–Crippen LogP) is 3.05. The van der Waals surface area contributed by atoms with Crippen molar-refractivity contribution in [2.75, 3.05) is 6.54 Å². The van der Waals surface area contributed by atoms with Crippen LogP contribution in [-0.2, 0) is 11.3 Å². The summed E-state index contributed by atoms with van der Waals surface area (Å²) in [5.41, 5.74) is 5.21. The Labute approximate surface area is 146 Å². The summed E-state index contributed by atoms with van der Waals surface area (Å²) >= 11 is 0. The molecule has 1 saturated heterocycles. The Hall–Kier alpha value is -2.63. The quantitative estimate of drug-likeness (QED) is 0.799. The molecule has 1 aliphatic heterocycles. The highest BCUT2D eigenvalue weighted by Crippen LogP contribution is 2.31. The molecule has 130 valence electrons. The first-order valence-corrected chi connectivity index (χ1v) is 8.77. The van der Waals surface area contributed by atoms with E-state index in [1.807, 2.05) is 29.4 Å². The molecule has 4 rings (SSSR count). The summed E-state index contributed by atoms with van der Waals surface area (Å²) in [4.78, 5) is 27.3. The maximum Gasteiger partial charge on any atom is 0.243 e. The monoisotopic (exact) mass is 337 g/mol. The third-order valence-electron chi connectivity index (χ3n) is 5.20. The zero-order valence-corrected chi connectivity index (χ0v) is 14.9. The summed E-state index contributed by atoms with van der Waals surface area (Å²) in [7, 11) is 0. The summed E-state index contributed by atoms with van der Waals surface area (Å²) in [6.07, 6.45) is 3.71. The molecular weight excluding hydrogens is 314 g/mol. The molecule has 0 saturated carbocycles. The number of aromatic amines is 1. The van der Waals surface area contributed by atoms with Crippen LogP contribution in [-0.4, -0.2) is 36.9 Å². The fourth-order valence-electron chi connectivity index (χ4n) is 3.59. The maximum absolute atomic E-state index is 12.9. The molecule has 0 spiro atoms. The van der Waals surface area contributed by atoms with Gasteiger partial charge in [0.15, 0.2) is 0 Å². The Morgan fingerprint density at radius 1 is 1.32 bits per heavy atom. The fraction of sp³-hybridized carbons (Fsp3) is 0.421. The van der Waals surface area contributed by atoms with Crippen LogP contribution in [0.3, 0.4) is 0 Å². The normalized spacial score (nSPS) is 17.6. The van der Waals surface area contributed by atoms with Gasteiger partial charge in [-0.25, -0.2) is 9.97 Å². The van der Waals surface area contributed by atoms with Gasteiger partial charge >= 0.3 is 0 Å². The van der Waals surface area contributed by atoms with Gasteiger partial charge in [0.2, 0.25) is 5.91 Å². The molecule has 25 heavy (non-hydrogen) atoms. The number of aryl methyl sites for hydroxylation is 2.